The Balaban J connectivity index is 2.45. The van der Waals surface area contributed by atoms with Crippen molar-refractivity contribution in [2.45, 2.75) is 45.6 Å². The van der Waals surface area contributed by atoms with Crippen molar-refractivity contribution in [3.05, 3.63) is 11.6 Å². The summed E-state index contributed by atoms with van der Waals surface area (Å²) < 4.78 is 0. The van der Waals surface area contributed by atoms with Crippen LogP contribution < -0.4 is 0 Å². The van der Waals surface area contributed by atoms with Gasteiger partial charge in [-0.25, -0.2) is 0 Å². The highest BCUT2D eigenvalue weighted by atomic mass is 16.3. The summed E-state index contributed by atoms with van der Waals surface area (Å²) in [6.45, 7) is 9.55. The van der Waals surface area contributed by atoms with Crippen LogP contribution in [-0.2, 0) is 0 Å². The van der Waals surface area contributed by atoms with Crippen LogP contribution in [0, 0.1) is 0 Å². The van der Waals surface area contributed by atoms with E-state index < -0.39 is 5.60 Å². The van der Waals surface area contributed by atoms with Gasteiger partial charge in [0.1, 0.15) is 0 Å². The zero-order chi connectivity index (χ0) is 10.6. The Labute approximate surface area is 87.6 Å². The summed E-state index contributed by atoms with van der Waals surface area (Å²) in [4.78, 5) is 2.44. The molecule has 0 aromatic carbocycles. The molecule has 0 saturated carbocycles. The number of rotatable bonds is 3. The molecule has 14 heavy (non-hydrogen) atoms. The van der Waals surface area contributed by atoms with Crippen molar-refractivity contribution in [2.24, 2.45) is 0 Å². The van der Waals surface area contributed by atoms with E-state index in [1.54, 1.807) is 0 Å². The molecule has 0 radical (unpaired) electrons. The maximum atomic E-state index is 10.2. The first-order valence-electron chi connectivity index (χ1n) is 5.66. The quantitative estimate of drug-likeness (QED) is 0.701. The molecule has 1 fully saturated rings. The molecule has 0 aliphatic carbocycles. The first-order valence-corrected chi connectivity index (χ1v) is 5.66. The highest BCUT2D eigenvalue weighted by molar-refractivity contribution is 5.08. The fourth-order valence-corrected chi connectivity index (χ4v) is 2.16. The molecule has 0 aromatic rings. The summed E-state index contributed by atoms with van der Waals surface area (Å²) in [5.74, 6) is 0. The van der Waals surface area contributed by atoms with Gasteiger partial charge in [-0.15, -0.1) is 0 Å². The Morgan fingerprint density at radius 3 is 2.36 bits per heavy atom. The summed E-state index contributed by atoms with van der Waals surface area (Å²) in [7, 11) is 0. The van der Waals surface area contributed by atoms with Crippen LogP contribution in [-0.4, -0.2) is 35.2 Å². The highest BCUT2D eigenvalue weighted by Gasteiger charge is 2.29. The third-order valence-corrected chi connectivity index (χ3v) is 2.82. The van der Waals surface area contributed by atoms with E-state index in [1.165, 1.54) is 18.5 Å². The fraction of sp³-hybridized carbons (Fsp3) is 0.833. The van der Waals surface area contributed by atoms with Gasteiger partial charge >= 0.3 is 0 Å². The first-order chi connectivity index (χ1) is 6.56. The highest BCUT2D eigenvalue weighted by Crippen LogP contribution is 2.24. The summed E-state index contributed by atoms with van der Waals surface area (Å²) in [6, 6.07) is 0. The van der Waals surface area contributed by atoms with Gasteiger partial charge in [0.2, 0.25) is 0 Å². The molecule has 2 heteroatoms. The van der Waals surface area contributed by atoms with E-state index in [1.807, 2.05) is 6.08 Å². The average Bonchev–Trinajstić information content (AvgIpc) is 2.08. The summed E-state index contributed by atoms with van der Waals surface area (Å²) >= 11 is 0. The van der Waals surface area contributed by atoms with Crippen molar-refractivity contribution < 1.29 is 5.11 Å². The molecule has 1 saturated heterocycles. The molecule has 1 heterocycles. The number of nitrogens with zero attached hydrogens (tertiary/aromatic N) is 1. The molecule has 0 amide bonds. The molecule has 0 spiro atoms. The maximum absolute atomic E-state index is 10.2. The zero-order valence-electron chi connectivity index (χ0n) is 9.71. The number of hydrogen-bond donors (Lipinski definition) is 1. The van der Waals surface area contributed by atoms with Crippen LogP contribution in [0.15, 0.2) is 11.6 Å². The standard InChI is InChI=1S/C12H23NO/c1-4-7-13-8-5-12(14,6-9-13)10-11(2)3/h10,14H,4-9H2,1-3H3. The predicted molar refractivity (Wildman–Crippen MR) is 60.3 cm³/mol. The van der Waals surface area contributed by atoms with Crippen LogP contribution in [0.2, 0.25) is 0 Å². The normalized spacial score (nSPS) is 22.0. The van der Waals surface area contributed by atoms with Crippen LogP contribution in [0.4, 0.5) is 0 Å². The lowest BCUT2D eigenvalue weighted by atomic mass is 9.89. The summed E-state index contributed by atoms with van der Waals surface area (Å²) in [5, 5.41) is 10.2. The van der Waals surface area contributed by atoms with Crippen molar-refractivity contribution in [1.29, 1.82) is 0 Å². The fourth-order valence-electron chi connectivity index (χ4n) is 2.16. The van der Waals surface area contributed by atoms with E-state index in [0.717, 1.165) is 25.9 Å². The molecule has 82 valence electrons. The third-order valence-electron chi connectivity index (χ3n) is 2.82. The lowest BCUT2D eigenvalue weighted by molar-refractivity contribution is 0.0186. The Morgan fingerprint density at radius 1 is 1.36 bits per heavy atom. The van der Waals surface area contributed by atoms with Crippen LogP contribution >= 0.6 is 0 Å². The van der Waals surface area contributed by atoms with Gasteiger partial charge in [0.15, 0.2) is 0 Å². The molecule has 1 aliphatic heterocycles. The molecule has 0 bridgehead atoms. The van der Waals surface area contributed by atoms with E-state index in [-0.39, 0.29) is 0 Å². The number of allylic oxidation sites excluding steroid dienone is 1. The van der Waals surface area contributed by atoms with Gasteiger partial charge in [-0.2, -0.15) is 0 Å². The predicted octanol–water partition coefficient (Wildman–Crippen LogP) is 2.19. The second kappa shape index (κ2) is 4.94. The second-order valence-electron chi connectivity index (χ2n) is 4.67. The van der Waals surface area contributed by atoms with Crippen molar-refractivity contribution in [3.63, 3.8) is 0 Å². The maximum Gasteiger partial charge on any atom is 0.0854 e. The van der Waals surface area contributed by atoms with E-state index in [4.69, 9.17) is 0 Å². The van der Waals surface area contributed by atoms with Crippen molar-refractivity contribution in [3.8, 4) is 0 Å². The van der Waals surface area contributed by atoms with Gasteiger partial charge < -0.3 is 10.0 Å². The SMILES string of the molecule is CCCN1CCC(O)(C=C(C)C)CC1. The Hall–Kier alpha value is -0.340. The van der Waals surface area contributed by atoms with Gasteiger partial charge in [0, 0.05) is 13.1 Å². The van der Waals surface area contributed by atoms with Gasteiger partial charge in [-0.1, -0.05) is 18.6 Å². The molecule has 1 N–H and O–H groups in total. The lowest BCUT2D eigenvalue weighted by Crippen LogP contribution is -2.43. The van der Waals surface area contributed by atoms with Gasteiger partial charge in [-0.3, -0.25) is 0 Å². The smallest absolute Gasteiger partial charge is 0.0854 e. The van der Waals surface area contributed by atoms with Crippen LogP contribution in [0.25, 0.3) is 0 Å². The van der Waals surface area contributed by atoms with E-state index >= 15 is 0 Å². The topological polar surface area (TPSA) is 23.5 Å². The number of aliphatic hydroxyl groups is 1. The van der Waals surface area contributed by atoms with Gasteiger partial charge in [0.25, 0.3) is 0 Å². The van der Waals surface area contributed by atoms with Crippen molar-refractivity contribution in [1.82, 2.24) is 4.90 Å². The summed E-state index contributed by atoms with van der Waals surface area (Å²) in [5.41, 5.74) is 0.694. The third kappa shape index (κ3) is 3.43. The van der Waals surface area contributed by atoms with Gasteiger partial charge in [-0.05, 0) is 39.7 Å². The molecule has 0 aromatic heterocycles. The molecule has 1 aliphatic rings. The first kappa shape index (κ1) is 11.7. The Kier molecular flexibility index (Phi) is 4.14. The monoisotopic (exact) mass is 197 g/mol. The molecule has 2 nitrogen and oxygen atoms in total. The van der Waals surface area contributed by atoms with E-state index in [2.05, 4.69) is 25.7 Å². The van der Waals surface area contributed by atoms with Crippen molar-refractivity contribution >= 4 is 0 Å². The van der Waals surface area contributed by atoms with E-state index in [9.17, 15) is 5.11 Å². The summed E-state index contributed by atoms with van der Waals surface area (Å²) in [6.07, 6.45) is 5.01. The number of hydrogen-bond acceptors (Lipinski definition) is 2. The van der Waals surface area contributed by atoms with Crippen LogP contribution in [0.1, 0.15) is 40.0 Å². The van der Waals surface area contributed by atoms with Crippen LogP contribution in [0.5, 0.6) is 0 Å². The minimum absolute atomic E-state index is 0.525. The molecule has 1 rings (SSSR count). The largest absolute Gasteiger partial charge is 0.386 e. The van der Waals surface area contributed by atoms with Gasteiger partial charge in [0.05, 0.1) is 5.60 Å². The van der Waals surface area contributed by atoms with Crippen molar-refractivity contribution in [2.75, 3.05) is 19.6 Å². The molecular weight excluding hydrogens is 174 g/mol. The molecule has 0 atom stereocenters. The molecule has 0 unspecified atom stereocenters. The number of likely N-dealkylation sites (tertiary alicyclic amines) is 1. The second-order valence-corrected chi connectivity index (χ2v) is 4.67. The van der Waals surface area contributed by atoms with E-state index in [0.29, 0.717) is 0 Å². The Morgan fingerprint density at radius 2 is 1.93 bits per heavy atom. The Bertz CT molecular complexity index is 198. The lowest BCUT2D eigenvalue weighted by Gasteiger charge is -2.36. The average molecular weight is 197 g/mol. The zero-order valence-corrected chi connectivity index (χ0v) is 9.71. The minimum Gasteiger partial charge on any atom is -0.386 e. The minimum atomic E-state index is -0.525. The van der Waals surface area contributed by atoms with Crippen LogP contribution in [0.3, 0.4) is 0 Å². The molecular formula is C12H23NO. The number of piperidine rings is 1.